The maximum Gasteiger partial charge on any atom is 0.311 e. The average molecular weight is 448 g/mol. The van der Waals surface area contributed by atoms with Crippen LogP contribution in [0.15, 0.2) is 48.5 Å². The van der Waals surface area contributed by atoms with E-state index in [4.69, 9.17) is 10.5 Å². The molecule has 1 aliphatic heterocycles. The SMILES string of the molecule is Cc1ccc(OC2CCN(S(=O)(=O)CC(C(N)=O)c3ccccc3)CC2)c([N+](=O)[O-])c1. The number of hydrogen-bond acceptors (Lipinski definition) is 6. The smallest absolute Gasteiger partial charge is 0.311 e. The minimum absolute atomic E-state index is 0.109. The van der Waals surface area contributed by atoms with Gasteiger partial charge in [-0.1, -0.05) is 36.4 Å². The van der Waals surface area contributed by atoms with Gasteiger partial charge in [0.1, 0.15) is 6.10 Å². The quantitative estimate of drug-likeness (QED) is 0.488. The minimum atomic E-state index is -3.73. The van der Waals surface area contributed by atoms with Crippen molar-refractivity contribution in [2.45, 2.75) is 31.8 Å². The summed E-state index contributed by atoms with van der Waals surface area (Å²) in [5.74, 6) is -1.86. The number of nitrogens with zero attached hydrogens (tertiary/aromatic N) is 2. The van der Waals surface area contributed by atoms with Gasteiger partial charge in [-0.25, -0.2) is 12.7 Å². The summed E-state index contributed by atoms with van der Waals surface area (Å²) in [5.41, 5.74) is 6.67. The van der Waals surface area contributed by atoms with Gasteiger partial charge >= 0.3 is 5.69 Å². The van der Waals surface area contributed by atoms with Crippen LogP contribution in [0.25, 0.3) is 0 Å². The molecule has 31 heavy (non-hydrogen) atoms. The number of hydrogen-bond donors (Lipinski definition) is 1. The van der Waals surface area contributed by atoms with Gasteiger partial charge < -0.3 is 10.5 Å². The fourth-order valence-electron chi connectivity index (χ4n) is 3.62. The normalized spacial score (nSPS) is 16.5. The fourth-order valence-corrected chi connectivity index (χ4v) is 5.38. The lowest BCUT2D eigenvalue weighted by atomic mass is 10.0. The van der Waals surface area contributed by atoms with E-state index in [0.717, 1.165) is 5.56 Å². The minimum Gasteiger partial charge on any atom is -0.483 e. The Morgan fingerprint density at radius 1 is 1.23 bits per heavy atom. The lowest BCUT2D eigenvalue weighted by Crippen LogP contribution is -2.44. The van der Waals surface area contributed by atoms with E-state index < -0.39 is 32.5 Å². The van der Waals surface area contributed by atoms with Crippen molar-refractivity contribution in [2.24, 2.45) is 5.73 Å². The van der Waals surface area contributed by atoms with Crippen LogP contribution in [0.2, 0.25) is 0 Å². The van der Waals surface area contributed by atoms with E-state index in [9.17, 15) is 23.3 Å². The molecule has 0 bridgehead atoms. The van der Waals surface area contributed by atoms with Crippen LogP contribution < -0.4 is 10.5 Å². The van der Waals surface area contributed by atoms with Gasteiger partial charge in [-0.2, -0.15) is 0 Å². The molecule has 2 aromatic rings. The molecule has 10 heteroatoms. The number of nitro benzene ring substituents is 1. The van der Waals surface area contributed by atoms with E-state index in [-0.39, 0.29) is 30.6 Å². The first-order valence-electron chi connectivity index (χ1n) is 9.91. The number of amides is 1. The molecule has 1 atom stereocenters. The van der Waals surface area contributed by atoms with Crippen LogP contribution in [-0.4, -0.2) is 48.5 Å². The van der Waals surface area contributed by atoms with E-state index in [1.807, 2.05) is 0 Å². The van der Waals surface area contributed by atoms with Crippen molar-refractivity contribution < 1.29 is 22.9 Å². The number of nitro groups is 1. The summed E-state index contributed by atoms with van der Waals surface area (Å²) in [6.07, 6.45) is 0.433. The number of aryl methyl sites for hydroxylation is 1. The molecule has 3 rings (SSSR count). The molecular formula is C21H25N3O6S. The second-order valence-electron chi connectivity index (χ2n) is 7.59. The second kappa shape index (κ2) is 9.44. The predicted octanol–water partition coefficient (Wildman–Crippen LogP) is 2.35. The number of carbonyl (C=O) groups excluding carboxylic acids is 1. The summed E-state index contributed by atoms with van der Waals surface area (Å²) in [4.78, 5) is 22.7. The molecule has 1 unspecified atom stereocenters. The zero-order chi connectivity index (χ0) is 22.6. The van der Waals surface area contributed by atoms with E-state index >= 15 is 0 Å². The molecule has 0 radical (unpaired) electrons. The van der Waals surface area contributed by atoms with Gasteiger partial charge in [-0.05, 0) is 37.0 Å². The van der Waals surface area contributed by atoms with Crippen molar-refractivity contribution >= 4 is 21.6 Å². The zero-order valence-corrected chi connectivity index (χ0v) is 18.0. The number of nitrogens with two attached hydrogens (primary N) is 1. The molecule has 1 amide bonds. The van der Waals surface area contributed by atoms with Gasteiger partial charge in [0.2, 0.25) is 15.9 Å². The zero-order valence-electron chi connectivity index (χ0n) is 17.1. The Morgan fingerprint density at radius 2 is 1.87 bits per heavy atom. The Hall–Kier alpha value is -2.98. The van der Waals surface area contributed by atoms with E-state index in [1.165, 1.54) is 10.4 Å². The maximum atomic E-state index is 12.9. The van der Waals surface area contributed by atoms with Crippen molar-refractivity contribution in [3.63, 3.8) is 0 Å². The number of primary amides is 1. The van der Waals surface area contributed by atoms with E-state index in [1.54, 1.807) is 49.4 Å². The van der Waals surface area contributed by atoms with Crippen molar-refractivity contribution in [1.29, 1.82) is 0 Å². The highest BCUT2D eigenvalue weighted by Crippen LogP contribution is 2.31. The standard InChI is InChI=1S/C21H25N3O6S/c1-15-7-8-20(19(13-15)24(26)27)30-17-9-11-23(12-10-17)31(28,29)14-18(21(22)25)16-5-3-2-4-6-16/h2-8,13,17-18H,9-12,14H2,1H3,(H2,22,25). The van der Waals surface area contributed by atoms with Crippen LogP contribution in [0, 0.1) is 17.0 Å². The third kappa shape index (κ3) is 5.59. The Bertz CT molecular complexity index is 1050. The molecule has 0 saturated carbocycles. The summed E-state index contributed by atoms with van der Waals surface area (Å²) in [7, 11) is -3.73. The number of ether oxygens (including phenoxy) is 1. The van der Waals surface area contributed by atoms with E-state index in [2.05, 4.69) is 0 Å². The molecule has 1 saturated heterocycles. The highest BCUT2D eigenvalue weighted by Gasteiger charge is 2.33. The molecule has 1 heterocycles. The van der Waals surface area contributed by atoms with Crippen LogP contribution in [-0.2, 0) is 14.8 Å². The summed E-state index contributed by atoms with van der Waals surface area (Å²) in [6.45, 7) is 2.16. The lowest BCUT2D eigenvalue weighted by molar-refractivity contribution is -0.386. The molecule has 2 aromatic carbocycles. The largest absolute Gasteiger partial charge is 0.483 e. The van der Waals surface area contributed by atoms with Crippen molar-refractivity contribution in [1.82, 2.24) is 4.31 Å². The monoisotopic (exact) mass is 447 g/mol. The molecule has 0 aliphatic carbocycles. The predicted molar refractivity (Wildman–Crippen MR) is 115 cm³/mol. The Kier molecular flexibility index (Phi) is 6.91. The third-order valence-corrected chi connectivity index (χ3v) is 7.23. The number of carbonyl (C=O) groups is 1. The number of rotatable bonds is 8. The number of piperidine rings is 1. The van der Waals surface area contributed by atoms with Gasteiger partial charge in [-0.3, -0.25) is 14.9 Å². The first-order chi connectivity index (χ1) is 14.7. The maximum absolute atomic E-state index is 12.9. The van der Waals surface area contributed by atoms with Gasteiger partial charge in [0, 0.05) is 19.2 Å². The van der Waals surface area contributed by atoms with Crippen LogP contribution in [0.4, 0.5) is 5.69 Å². The van der Waals surface area contributed by atoms with Gasteiger partial charge in [0.05, 0.1) is 16.6 Å². The van der Waals surface area contributed by atoms with Gasteiger partial charge in [-0.15, -0.1) is 0 Å². The highest BCUT2D eigenvalue weighted by molar-refractivity contribution is 7.89. The van der Waals surface area contributed by atoms with E-state index in [0.29, 0.717) is 18.4 Å². The van der Waals surface area contributed by atoms with Crippen LogP contribution in [0.5, 0.6) is 5.75 Å². The Morgan fingerprint density at radius 3 is 2.45 bits per heavy atom. The first-order valence-corrected chi connectivity index (χ1v) is 11.5. The number of benzene rings is 2. The summed E-state index contributed by atoms with van der Waals surface area (Å²) < 4.78 is 33.0. The molecule has 0 spiro atoms. The lowest BCUT2D eigenvalue weighted by Gasteiger charge is -2.32. The van der Waals surface area contributed by atoms with Crippen molar-refractivity contribution in [2.75, 3.05) is 18.8 Å². The second-order valence-corrected chi connectivity index (χ2v) is 9.60. The van der Waals surface area contributed by atoms with Crippen LogP contribution in [0.1, 0.15) is 29.9 Å². The van der Waals surface area contributed by atoms with Gasteiger partial charge in [0.15, 0.2) is 5.75 Å². The summed E-state index contributed by atoms with van der Waals surface area (Å²) in [5, 5.41) is 11.3. The topological polar surface area (TPSA) is 133 Å². The average Bonchev–Trinajstić information content (AvgIpc) is 2.74. The Labute approximate surface area is 181 Å². The third-order valence-electron chi connectivity index (χ3n) is 5.32. The molecular weight excluding hydrogens is 422 g/mol. The molecule has 2 N–H and O–H groups in total. The first kappa shape index (κ1) is 22.7. The van der Waals surface area contributed by atoms with Crippen molar-refractivity contribution in [3.05, 3.63) is 69.8 Å². The number of sulfonamides is 1. The van der Waals surface area contributed by atoms with Crippen LogP contribution >= 0.6 is 0 Å². The highest BCUT2D eigenvalue weighted by atomic mass is 32.2. The molecule has 9 nitrogen and oxygen atoms in total. The molecule has 0 aromatic heterocycles. The Balaban J connectivity index is 1.65. The fraction of sp³-hybridized carbons (Fsp3) is 0.381. The molecule has 1 aliphatic rings. The van der Waals surface area contributed by atoms with Crippen molar-refractivity contribution in [3.8, 4) is 5.75 Å². The summed E-state index contributed by atoms with van der Waals surface area (Å²) >= 11 is 0. The summed E-state index contributed by atoms with van der Waals surface area (Å²) in [6, 6.07) is 13.3. The molecule has 1 fully saturated rings. The molecule has 166 valence electrons. The van der Waals surface area contributed by atoms with Crippen LogP contribution in [0.3, 0.4) is 0 Å². The van der Waals surface area contributed by atoms with Gasteiger partial charge in [0.25, 0.3) is 0 Å².